The van der Waals surface area contributed by atoms with Gasteiger partial charge in [-0.1, -0.05) is 29.8 Å². The van der Waals surface area contributed by atoms with Crippen LogP contribution in [0.1, 0.15) is 55.9 Å². The van der Waals surface area contributed by atoms with Crippen molar-refractivity contribution in [2.45, 2.75) is 56.5 Å². The molecule has 3 aliphatic rings. The molecular weight excluding hydrogens is 498 g/mol. The molecule has 9 heteroatoms. The van der Waals surface area contributed by atoms with Gasteiger partial charge in [0.2, 0.25) is 11.7 Å². The topological polar surface area (TPSA) is 91.8 Å². The molecule has 4 rings (SSSR count). The van der Waals surface area contributed by atoms with Crippen LogP contribution < -0.4 is 9.46 Å². The van der Waals surface area contributed by atoms with Crippen LogP contribution in [0.25, 0.3) is 0 Å². The van der Waals surface area contributed by atoms with Gasteiger partial charge in [0.25, 0.3) is 5.91 Å². The summed E-state index contributed by atoms with van der Waals surface area (Å²) in [7, 11) is -2.20. The average Bonchev–Trinajstić information content (AvgIpc) is 3.50. The summed E-state index contributed by atoms with van der Waals surface area (Å²) >= 11 is 6.16. The molecular formula is C27H36ClN3O4S. The molecule has 2 N–H and O–H groups in total. The monoisotopic (exact) mass is 533 g/mol. The number of carbonyl (C=O) groups is 2. The fraction of sp³-hybridized carbons (Fsp3) is 0.519. The van der Waals surface area contributed by atoms with Crippen LogP contribution in [0.4, 0.5) is 0 Å². The molecule has 1 aromatic heterocycles. The Morgan fingerprint density at radius 1 is 1.31 bits per heavy atom. The van der Waals surface area contributed by atoms with Crippen molar-refractivity contribution in [2.24, 2.45) is 5.92 Å². The third kappa shape index (κ3) is 7.22. The van der Waals surface area contributed by atoms with Crippen molar-refractivity contribution >= 4 is 33.5 Å². The number of nitrogens with one attached hydrogen (secondary N) is 1. The Morgan fingerprint density at radius 3 is 2.72 bits per heavy atom. The van der Waals surface area contributed by atoms with E-state index < -0.39 is 33.3 Å². The van der Waals surface area contributed by atoms with Crippen LogP contribution in [0, 0.1) is 5.92 Å². The van der Waals surface area contributed by atoms with Crippen LogP contribution in [-0.2, 0) is 9.59 Å². The molecule has 7 nitrogen and oxygen atoms in total. The van der Waals surface area contributed by atoms with E-state index in [-0.39, 0.29) is 6.10 Å². The van der Waals surface area contributed by atoms with Crippen LogP contribution in [0.2, 0.25) is 0 Å². The Hall–Kier alpha value is -2.13. The Balaban J connectivity index is 1.50. The number of aromatic nitrogens is 1. The average molecular weight is 534 g/mol. The summed E-state index contributed by atoms with van der Waals surface area (Å²) in [6.07, 6.45) is 15.0. The van der Waals surface area contributed by atoms with Crippen molar-refractivity contribution in [3.05, 3.63) is 59.3 Å². The number of amides is 1. The minimum absolute atomic E-state index is 0.236. The van der Waals surface area contributed by atoms with Gasteiger partial charge in [-0.05, 0) is 82.5 Å². The van der Waals surface area contributed by atoms with E-state index in [0.29, 0.717) is 47.2 Å². The van der Waals surface area contributed by atoms with Crippen LogP contribution in [0.3, 0.4) is 0 Å². The number of hydrogen-bond acceptors (Lipinski definition) is 6. The summed E-state index contributed by atoms with van der Waals surface area (Å²) in [4.78, 5) is 33.2. The Morgan fingerprint density at radius 2 is 2.06 bits per heavy atom. The Kier molecular flexibility index (Phi) is 8.93. The standard InChI is InChI=1S/C27H36ClN3O4S/c1-19-15-20(7-3-4-8-22(28)16-19)25(32)26(33)30-36(2,18-31-13-5-6-14-31)27(34)21-9-12-24(29-17-21)35-23-10-11-23/h4,8-9,12,16-17,20,23,27,34H,1,3,5-7,10-11,13-15,18H2,2H3,(H,30,33)/b8-4-,22-16+/t20?,27-/m0/s1. The molecule has 36 heavy (non-hydrogen) atoms. The second-order valence-electron chi connectivity index (χ2n) is 10.1. The maximum absolute atomic E-state index is 13.3. The van der Waals surface area contributed by atoms with E-state index in [2.05, 4.69) is 21.2 Å². The summed E-state index contributed by atoms with van der Waals surface area (Å²) in [6.45, 7) is 5.82. The molecule has 1 saturated carbocycles. The zero-order valence-corrected chi connectivity index (χ0v) is 22.4. The molecule has 2 heterocycles. The third-order valence-corrected chi connectivity index (χ3v) is 9.77. The molecule has 1 amide bonds. The predicted molar refractivity (Wildman–Crippen MR) is 145 cm³/mol. The van der Waals surface area contributed by atoms with E-state index in [4.69, 9.17) is 16.3 Å². The summed E-state index contributed by atoms with van der Waals surface area (Å²) in [5, 5.41) is 12.0. The van der Waals surface area contributed by atoms with E-state index in [1.54, 1.807) is 30.5 Å². The summed E-state index contributed by atoms with van der Waals surface area (Å²) in [6, 6.07) is 3.55. The van der Waals surface area contributed by atoms with Gasteiger partial charge in [0.15, 0.2) is 0 Å². The third-order valence-electron chi connectivity index (χ3n) is 6.73. The summed E-state index contributed by atoms with van der Waals surface area (Å²) < 4.78 is 8.73. The van der Waals surface area contributed by atoms with Crippen molar-refractivity contribution < 1.29 is 19.4 Å². The lowest BCUT2D eigenvalue weighted by Gasteiger charge is -2.43. The van der Waals surface area contributed by atoms with Crippen molar-refractivity contribution in [1.82, 2.24) is 14.6 Å². The highest BCUT2D eigenvalue weighted by Gasteiger charge is 2.37. The molecule has 0 radical (unpaired) electrons. The first-order chi connectivity index (χ1) is 17.2. The maximum Gasteiger partial charge on any atom is 0.296 e. The van der Waals surface area contributed by atoms with Gasteiger partial charge in [-0.25, -0.2) is 4.98 Å². The number of halogens is 1. The molecule has 2 fully saturated rings. The molecule has 0 bridgehead atoms. The first-order valence-electron chi connectivity index (χ1n) is 12.6. The van der Waals surface area contributed by atoms with Crippen molar-refractivity contribution in [3.8, 4) is 5.88 Å². The summed E-state index contributed by atoms with van der Waals surface area (Å²) in [5.41, 5.74) is 0.338. The second-order valence-corrected chi connectivity index (χ2v) is 13.7. The lowest BCUT2D eigenvalue weighted by molar-refractivity contribution is -0.139. The minimum atomic E-state index is -2.20. The lowest BCUT2D eigenvalue weighted by atomic mass is 9.91. The predicted octanol–water partition coefficient (Wildman–Crippen LogP) is 4.74. The number of carbonyl (C=O) groups excluding carboxylic acids is 2. The SMILES string of the molecule is C=C1/C=C(Cl)\C=C/CCC(C(=O)C(=O)NS(C)(CN2CCCC2)[C@H](O)c2ccc(OC3CC3)nc2)C1. The number of pyridine rings is 1. The normalized spacial score (nSPS) is 26.8. The quantitative estimate of drug-likeness (QED) is 0.446. The maximum atomic E-state index is 13.3. The molecule has 1 aliphatic heterocycles. The second kappa shape index (κ2) is 11.9. The zero-order valence-electron chi connectivity index (χ0n) is 20.8. The minimum Gasteiger partial charge on any atom is -0.474 e. The molecule has 1 saturated heterocycles. The smallest absolute Gasteiger partial charge is 0.296 e. The molecule has 3 atom stereocenters. The van der Waals surface area contributed by atoms with Crippen LogP contribution >= 0.6 is 21.8 Å². The van der Waals surface area contributed by atoms with Gasteiger partial charge < -0.3 is 14.6 Å². The van der Waals surface area contributed by atoms with E-state index >= 15 is 0 Å². The number of allylic oxidation sites excluding steroid dienone is 5. The lowest BCUT2D eigenvalue weighted by Crippen LogP contribution is -2.42. The highest BCUT2D eigenvalue weighted by atomic mass is 35.5. The fourth-order valence-electron chi connectivity index (χ4n) is 4.60. The number of Topliss-reactive ketones (excluding diaryl/α,β-unsaturated/α-hetero) is 1. The van der Waals surface area contributed by atoms with E-state index in [1.807, 2.05) is 12.3 Å². The molecule has 2 unspecified atom stereocenters. The van der Waals surface area contributed by atoms with Gasteiger partial charge >= 0.3 is 0 Å². The first-order valence-corrected chi connectivity index (χ1v) is 15.2. The number of rotatable bonds is 9. The van der Waals surface area contributed by atoms with E-state index in [0.717, 1.165) is 38.8 Å². The van der Waals surface area contributed by atoms with Crippen LogP contribution in [0.15, 0.2) is 53.7 Å². The van der Waals surface area contributed by atoms with Gasteiger partial charge in [0.1, 0.15) is 11.5 Å². The van der Waals surface area contributed by atoms with Crippen LogP contribution in [-0.4, -0.2) is 58.0 Å². The molecule has 2 aliphatic carbocycles. The fourth-order valence-corrected chi connectivity index (χ4v) is 7.44. The zero-order chi connectivity index (χ0) is 25.7. The largest absolute Gasteiger partial charge is 0.474 e. The first kappa shape index (κ1) is 26.9. The van der Waals surface area contributed by atoms with Crippen molar-refractivity contribution in [2.75, 3.05) is 25.2 Å². The molecule has 196 valence electrons. The Bertz CT molecular complexity index is 1030. The van der Waals surface area contributed by atoms with Crippen molar-refractivity contribution in [1.29, 1.82) is 0 Å². The highest BCUT2D eigenvalue weighted by Crippen LogP contribution is 2.53. The molecule has 0 spiro atoms. The Labute approximate surface area is 220 Å². The van der Waals surface area contributed by atoms with Crippen LogP contribution in [0.5, 0.6) is 5.88 Å². The number of hydrogen-bond donors (Lipinski definition) is 2. The van der Waals surface area contributed by atoms with E-state index in [1.165, 1.54) is 0 Å². The number of likely N-dealkylation sites (tertiary alicyclic amines) is 1. The highest BCUT2D eigenvalue weighted by molar-refractivity contribution is 8.32. The van der Waals surface area contributed by atoms with Gasteiger partial charge in [-0.3, -0.25) is 14.5 Å². The number of aliphatic hydroxyl groups is 1. The number of aliphatic hydroxyl groups excluding tert-OH is 1. The van der Waals surface area contributed by atoms with Crippen molar-refractivity contribution in [3.63, 3.8) is 0 Å². The van der Waals surface area contributed by atoms with Gasteiger partial charge in [-0.15, -0.1) is 10.2 Å². The summed E-state index contributed by atoms with van der Waals surface area (Å²) in [5.74, 6) is -0.578. The molecule has 0 aromatic carbocycles. The number of ketones is 1. The van der Waals surface area contributed by atoms with Gasteiger partial charge in [0, 0.05) is 34.7 Å². The number of ether oxygens (including phenoxy) is 1. The van der Waals surface area contributed by atoms with Gasteiger partial charge in [0.05, 0.1) is 0 Å². The number of nitrogens with zero attached hydrogens (tertiary/aromatic N) is 2. The van der Waals surface area contributed by atoms with E-state index in [9.17, 15) is 14.7 Å². The van der Waals surface area contributed by atoms with Gasteiger partial charge in [-0.2, -0.15) is 0 Å². The molecule has 1 aromatic rings.